The highest BCUT2D eigenvalue weighted by Gasteiger charge is 2.22. The molecule has 0 amide bonds. The maximum absolute atomic E-state index is 13.0. The third kappa shape index (κ3) is 2.74. The van der Waals surface area contributed by atoms with Gasteiger partial charge in [0.25, 0.3) is 0 Å². The smallest absolute Gasteiger partial charge is 0.231 e. The second kappa shape index (κ2) is 5.67. The molecule has 4 nitrogen and oxygen atoms in total. The molecule has 0 aromatic heterocycles. The number of anilines is 1. The summed E-state index contributed by atoms with van der Waals surface area (Å²) >= 11 is 0. The molecule has 22 heavy (non-hydrogen) atoms. The van der Waals surface area contributed by atoms with Gasteiger partial charge in [0.1, 0.15) is 5.82 Å². The van der Waals surface area contributed by atoms with Crippen molar-refractivity contribution in [3.05, 3.63) is 53.3 Å². The van der Waals surface area contributed by atoms with E-state index in [9.17, 15) is 9.18 Å². The fourth-order valence-electron chi connectivity index (χ4n) is 2.32. The number of ketones is 1. The molecule has 0 bridgehead atoms. The van der Waals surface area contributed by atoms with Crippen molar-refractivity contribution < 1.29 is 18.7 Å². The van der Waals surface area contributed by atoms with Crippen molar-refractivity contribution in [3.63, 3.8) is 0 Å². The van der Waals surface area contributed by atoms with Crippen molar-refractivity contribution in [3.8, 4) is 11.5 Å². The number of benzene rings is 2. The third-order valence-corrected chi connectivity index (χ3v) is 3.31. The quantitative estimate of drug-likeness (QED) is 0.876. The monoisotopic (exact) mass is 301 g/mol. The summed E-state index contributed by atoms with van der Waals surface area (Å²) in [6.45, 7) is 4.11. The molecule has 0 unspecified atom stereocenters. The largest absolute Gasteiger partial charge is 0.454 e. The van der Waals surface area contributed by atoms with Gasteiger partial charge in [-0.25, -0.2) is 4.39 Å². The van der Waals surface area contributed by atoms with Crippen LogP contribution in [0.2, 0.25) is 0 Å². The second-order valence-corrected chi connectivity index (χ2v) is 5.39. The molecule has 0 spiro atoms. The van der Waals surface area contributed by atoms with E-state index in [2.05, 4.69) is 5.32 Å². The Morgan fingerprint density at radius 1 is 1.14 bits per heavy atom. The maximum Gasteiger partial charge on any atom is 0.231 e. The molecule has 1 N–H and O–H groups in total. The molecule has 1 aliphatic rings. The number of carbonyl (C=O) groups excluding carboxylic acids is 1. The first-order valence-corrected chi connectivity index (χ1v) is 7.05. The predicted octanol–water partition coefficient (Wildman–Crippen LogP) is 3.61. The Bertz CT molecular complexity index is 711. The summed E-state index contributed by atoms with van der Waals surface area (Å²) in [4.78, 5) is 12.7. The predicted molar refractivity (Wildman–Crippen MR) is 81.2 cm³/mol. The molecule has 0 aliphatic carbocycles. The molecule has 0 fully saturated rings. The van der Waals surface area contributed by atoms with Gasteiger partial charge in [-0.05, 0) is 44.2 Å². The molecule has 114 valence electrons. The molecule has 0 saturated carbocycles. The van der Waals surface area contributed by atoms with Gasteiger partial charge in [-0.1, -0.05) is 0 Å². The zero-order chi connectivity index (χ0) is 15.7. The summed E-state index contributed by atoms with van der Waals surface area (Å²) in [5.41, 5.74) is 1.57. The molecule has 0 saturated heterocycles. The van der Waals surface area contributed by atoms with E-state index in [0.717, 1.165) is 0 Å². The lowest BCUT2D eigenvalue weighted by molar-refractivity contribution is 0.103. The number of halogens is 1. The molecule has 0 atom stereocenters. The standard InChI is InChI=1S/C17H16FNO3/c1-10(2)19-14-8-16-15(21-9-22-16)7-13(14)17(20)11-3-5-12(18)6-4-11/h3-8,10,19H,9H2,1-2H3. The highest BCUT2D eigenvalue weighted by Crippen LogP contribution is 2.38. The van der Waals surface area contributed by atoms with Crippen LogP contribution in [0.5, 0.6) is 11.5 Å². The number of fused-ring (bicyclic) bond motifs is 1. The first-order chi connectivity index (χ1) is 10.5. The summed E-state index contributed by atoms with van der Waals surface area (Å²) in [5.74, 6) is 0.586. The zero-order valence-electron chi connectivity index (χ0n) is 12.4. The number of nitrogens with one attached hydrogen (secondary N) is 1. The van der Waals surface area contributed by atoms with Gasteiger partial charge in [0.05, 0.1) is 0 Å². The average molecular weight is 301 g/mol. The first kappa shape index (κ1) is 14.4. The molecule has 1 aliphatic heterocycles. The van der Waals surface area contributed by atoms with Crippen LogP contribution in [-0.2, 0) is 0 Å². The SMILES string of the molecule is CC(C)Nc1cc2c(cc1C(=O)c1ccc(F)cc1)OCO2. The minimum absolute atomic E-state index is 0.143. The van der Waals surface area contributed by atoms with Gasteiger partial charge in [0.15, 0.2) is 17.3 Å². The van der Waals surface area contributed by atoms with E-state index < -0.39 is 0 Å². The molecule has 1 heterocycles. The van der Waals surface area contributed by atoms with E-state index in [-0.39, 0.29) is 24.4 Å². The van der Waals surface area contributed by atoms with Crippen LogP contribution in [0, 0.1) is 5.82 Å². The van der Waals surface area contributed by atoms with Gasteiger partial charge in [0, 0.05) is 28.9 Å². The molecule has 2 aromatic carbocycles. The lowest BCUT2D eigenvalue weighted by Gasteiger charge is -2.15. The molecule has 3 rings (SSSR count). The van der Waals surface area contributed by atoms with Crippen LogP contribution in [0.4, 0.5) is 10.1 Å². The molecular formula is C17H16FNO3. The number of carbonyl (C=O) groups is 1. The minimum atomic E-state index is -0.372. The topological polar surface area (TPSA) is 47.6 Å². The van der Waals surface area contributed by atoms with Crippen LogP contribution < -0.4 is 14.8 Å². The normalized spacial score (nSPS) is 12.5. The highest BCUT2D eigenvalue weighted by atomic mass is 19.1. The fraction of sp³-hybridized carbons (Fsp3) is 0.235. The number of ether oxygens (including phenoxy) is 2. The van der Waals surface area contributed by atoms with Crippen LogP contribution in [0.15, 0.2) is 36.4 Å². The Morgan fingerprint density at radius 3 is 2.41 bits per heavy atom. The van der Waals surface area contributed by atoms with E-state index in [1.807, 2.05) is 13.8 Å². The van der Waals surface area contributed by atoms with Crippen molar-refractivity contribution in [1.82, 2.24) is 0 Å². The summed E-state index contributed by atoms with van der Waals surface area (Å²) in [5, 5.41) is 3.23. The summed E-state index contributed by atoms with van der Waals surface area (Å²) in [7, 11) is 0. The van der Waals surface area contributed by atoms with Gasteiger partial charge in [0.2, 0.25) is 6.79 Å². The van der Waals surface area contributed by atoms with Gasteiger partial charge < -0.3 is 14.8 Å². The van der Waals surface area contributed by atoms with Crippen LogP contribution in [-0.4, -0.2) is 18.6 Å². The molecular weight excluding hydrogens is 285 g/mol. The Kier molecular flexibility index (Phi) is 3.71. The van der Waals surface area contributed by atoms with E-state index in [0.29, 0.717) is 28.3 Å². The van der Waals surface area contributed by atoms with Crippen molar-refractivity contribution >= 4 is 11.5 Å². The van der Waals surface area contributed by atoms with E-state index >= 15 is 0 Å². The van der Waals surface area contributed by atoms with Crippen molar-refractivity contribution in [2.75, 3.05) is 12.1 Å². The number of rotatable bonds is 4. The lowest BCUT2D eigenvalue weighted by atomic mass is 10.0. The summed E-state index contributed by atoms with van der Waals surface area (Å²) in [6, 6.07) is 9.08. The maximum atomic E-state index is 13.0. The molecule has 2 aromatic rings. The van der Waals surface area contributed by atoms with E-state index in [1.54, 1.807) is 12.1 Å². The van der Waals surface area contributed by atoms with Crippen LogP contribution in [0.25, 0.3) is 0 Å². The van der Waals surface area contributed by atoms with Crippen molar-refractivity contribution in [1.29, 1.82) is 0 Å². The van der Waals surface area contributed by atoms with Gasteiger partial charge in [-0.15, -0.1) is 0 Å². The summed E-state index contributed by atoms with van der Waals surface area (Å²) < 4.78 is 23.7. The average Bonchev–Trinajstić information content (AvgIpc) is 2.93. The Labute approximate surface area is 127 Å². The number of hydrogen-bond donors (Lipinski definition) is 1. The Balaban J connectivity index is 2.04. The van der Waals surface area contributed by atoms with Gasteiger partial charge in [-0.3, -0.25) is 4.79 Å². The van der Waals surface area contributed by atoms with Gasteiger partial charge in [-0.2, -0.15) is 0 Å². The second-order valence-electron chi connectivity index (χ2n) is 5.39. The molecule has 0 radical (unpaired) electrons. The third-order valence-electron chi connectivity index (χ3n) is 3.31. The van der Waals surface area contributed by atoms with E-state index in [1.165, 1.54) is 24.3 Å². The lowest BCUT2D eigenvalue weighted by Crippen LogP contribution is -2.14. The van der Waals surface area contributed by atoms with Gasteiger partial charge >= 0.3 is 0 Å². The number of hydrogen-bond acceptors (Lipinski definition) is 4. The Morgan fingerprint density at radius 2 is 1.77 bits per heavy atom. The van der Waals surface area contributed by atoms with Crippen molar-refractivity contribution in [2.45, 2.75) is 19.9 Å². The molecule has 5 heteroatoms. The summed E-state index contributed by atoms with van der Waals surface area (Å²) in [6.07, 6.45) is 0. The zero-order valence-corrected chi connectivity index (χ0v) is 12.4. The van der Waals surface area contributed by atoms with Crippen LogP contribution >= 0.6 is 0 Å². The minimum Gasteiger partial charge on any atom is -0.454 e. The Hall–Kier alpha value is -2.56. The van der Waals surface area contributed by atoms with Crippen LogP contribution in [0.3, 0.4) is 0 Å². The highest BCUT2D eigenvalue weighted by molar-refractivity contribution is 6.12. The first-order valence-electron chi connectivity index (χ1n) is 7.05. The fourth-order valence-corrected chi connectivity index (χ4v) is 2.32. The van der Waals surface area contributed by atoms with Crippen LogP contribution in [0.1, 0.15) is 29.8 Å². The van der Waals surface area contributed by atoms with Crippen molar-refractivity contribution in [2.24, 2.45) is 0 Å². The van der Waals surface area contributed by atoms with E-state index in [4.69, 9.17) is 9.47 Å².